The Morgan fingerprint density at radius 1 is 1.03 bits per heavy atom. The van der Waals surface area contributed by atoms with Gasteiger partial charge in [-0.3, -0.25) is 4.79 Å². The highest BCUT2D eigenvalue weighted by Crippen LogP contribution is 2.26. The standard InChI is InChI=1S/C23H28Cl2N2O3S/c1-16-5-7-20(14-17(16)2)31(29,30)27-12-9-19(10-13-27)23(28)26-11-3-4-18-6-8-21(24)22(25)15-18/h5-8,14-15,19H,3-4,9-13H2,1-2H3,(H,26,28). The Kier molecular flexibility index (Phi) is 8.03. The fourth-order valence-electron chi connectivity index (χ4n) is 3.73. The van der Waals surface area contributed by atoms with Crippen molar-refractivity contribution in [2.75, 3.05) is 19.6 Å². The van der Waals surface area contributed by atoms with Crippen LogP contribution in [0, 0.1) is 19.8 Å². The van der Waals surface area contributed by atoms with Crippen LogP contribution in [0.2, 0.25) is 10.0 Å². The molecule has 0 radical (unpaired) electrons. The number of rotatable bonds is 7. The number of nitrogens with one attached hydrogen (secondary N) is 1. The third kappa shape index (κ3) is 6.01. The zero-order valence-electron chi connectivity index (χ0n) is 17.8. The number of nitrogens with zero attached hydrogens (tertiary/aromatic N) is 1. The minimum atomic E-state index is -3.53. The maximum absolute atomic E-state index is 12.9. The average Bonchev–Trinajstić information content (AvgIpc) is 2.75. The summed E-state index contributed by atoms with van der Waals surface area (Å²) in [5.74, 6) is -0.159. The topological polar surface area (TPSA) is 66.5 Å². The molecule has 3 rings (SSSR count). The first-order chi connectivity index (χ1) is 14.7. The van der Waals surface area contributed by atoms with E-state index in [4.69, 9.17) is 23.2 Å². The number of hydrogen-bond acceptors (Lipinski definition) is 3. The van der Waals surface area contributed by atoms with Crippen molar-refractivity contribution >= 4 is 39.1 Å². The molecule has 8 heteroatoms. The quantitative estimate of drug-likeness (QED) is 0.578. The van der Waals surface area contributed by atoms with Crippen molar-refractivity contribution in [3.63, 3.8) is 0 Å². The summed E-state index contributed by atoms with van der Waals surface area (Å²) in [4.78, 5) is 12.8. The van der Waals surface area contributed by atoms with E-state index in [-0.39, 0.29) is 11.8 Å². The maximum Gasteiger partial charge on any atom is 0.243 e. The third-order valence-corrected chi connectivity index (χ3v) is 8.50. The van der Waals surface area contributed by atoms with E-state index >= 15 is 0 Å². The van der Waals surface area contributed by atoms with Gasteiger partial charge in [0.15, 0.2) is 0 Å². The van der Waals surface area contributed by atoms with Gasteiger partial charge in [-0.1, -0.05) is 35.3 Å². The number of sulfonamides is 1. The third-order valence-electron chi connectivity index (χ3n) is 5.87. The number of carbonyl (C=O) groups is 1. The van der Waals surface area contributed by atoms with Crippen LogP contribution in [-0.4, -0.2) is 38.3 Å². The minimum Gasteiger partial charge on any atom is -0.356 e. The number of piperidine rings is 1. The van der Waals surface area contributed by atoms with E-state index in [1.54, 1.807) is 18.2 Å². The Labute approximate surface area is 194 Å². The lowest BCUT2D eigenvalue weighted by Gasteiger charge is -2.30. The van der Waals surface area contributed by atoms with Gasteiger partial charge in [0.25, 0.3) is 0 Å². The van der Waals surface area contributed by atoms with E-state index in [1.165, 1.54) is 4.31 Å². The number of aryl methyl sites for hydroxylation is 3. The first-order valence-corrected chi connectivity index (χ1v) is 12.7. The van der Waals surface area contributed by atoms with Gasteiger partial charge in [0.05, 0.1) is 14.9 Å². The summed E-state index contributed by atoms with van der Waals surface area (Å²) in [6.07, 6.45) is 2.65. The Morgan fingerprint density at radius 2 is 1.74 bits per heavy atom. The first-order valence-electron chi connectivity index (χ1n) is 10.5. The lowest BCUT2D eigenvalue weighted by molar-refractivity contribution is -0.126. The molecule has 0 bridgehead atoms. The molecule has 0 spiro atoms. The molecule has 2 aromatic carbocycles. The van der Waals surface area contributed by atoms with Crippen LogP contribution in [0.4, 0.5) is 0 Å². The Balaban J connectivity index is 1.45. The van der Waals surface area contributed by atoms with E-state index in [1.807, 2.05) is 32.0 Å². The highest BCUT2D eigenvalue weighted by atomic mass is 35.5. The molecule has 0 atom stereocenters. The molecule has 1 fully saturated rings. The SMILES string of the molecule is Cc1ccc(S(=O)(=O)N2CCC(C(=O)NCCCc3ccc(Cl)c(Cl)c3)CC2)cc1C. The summed E-state index contributed by atoms with van der Waals surface area (Å²) >= 11 is 12.0. The second-order valence-corrected chi connectivity index (χ2v) is 10.8. The van der Waals surface area contributed by atoms with E-state index in [2.05, 4.69) is 5.32 Å². The van der Waals surface area contributed by atoms with Gasteiger partial charge in [-0.25, -0.2) is 8.42 Å². The summed E-state index contributed by atoms with van der Waals surface area (Å²) in [5.41, 5.74) is 3.10. The van der Waals surface area contributed by atoms with Crippen molar-refractivity contribution in [2.45, 2.75) is 44.4 Å². The van der Waals surface area contributed by atoms with Crippen LogP contribution in [0.15, 0.2) is 41.3 Å². The lowest BCUT2D eigenvalue weighted by Crippen LogP contribution is -2.43. The first kappa shape index (κ1) is 24.1. The van der Waals surface area contributed by atoms with Gasteiger partial charge < -0.3 is 5.32 Å². The number of hydrogen-bond donors (Lipinski definition) is 1. The van der Waals surface area contributed by atoms with Crippen LogP contribution < -0.4 is 5.32 Å². The van der Waals surface area contributed by atoms with Gasteiger partial charge in [-0.2, -0.15) is 4.31 Å². The molecule has 1 heterocycles. The summed E-state index contributed by atoms with van der Waals surface area (Å²) in [7, 11) is -3.53. The van der Waals surface area contributed by atoms with Gasteiger partial charge >= 0.3 is 0 Å². The van der Waals surface area contributed by atoms with Crippen molar-refractivity contribution in [3.05, 3.63) is 63.1 Å². The highest BCUT2D eigenvalue weighted by molar-refractivity contribution is 7.89. The van der Waals surface area contributed by atoms with E-state index < -0.39 is 10.0 Å². The molecule has 1 saturated heterocycles. The number of halogens is 2. The van der Waals surface area contributed by atoms with E-state index in [0.29, 0.717) is 47.4 Å². The van der Waals surface area contributed by atoms with E-state index in [0.717, 1.165) is 29.5 Å². The smallest absolute Gasteiger partial charge is 0.243 e. The van der Waals surface area contributed by atoms with Gasteiger partial charge in [-0.05, 0) is 80.5 Å². The molecular weight excluding hydrogens is 455 g/mol. The molecule has 0 aromatic heterocycles. The molecule has 1 aliphatic heterocycles. The van der Waals surface area contributed by atoms with Crippen molar-refractivity contribution in [3.8, 4) is 0 Å². The second-order valence-electron chi connectivity index (χ2n) is 8.07. The summed E-state index contributed by atoms with van der Waals surface area (Å²) in [5, 5.41) is 4.05. The maximum atomic E-state index is 12.9. The van der Waals surface area contributed by atoms with Crippen LogP contribution in [0.3, 0.4) is 0 Å². The number of benzene rings is 2. The zero-order chi connectivity index (χ0) is 22.6. The molecule has 168 valence electrons. The molecule has 0 unspecified atom stereocenters. The minimum absolute atomic E-state index is 0.00244. The Hall–Kier alpha value is -1.60. The fourth-order valence-corrected chi connectivity index (χ4v) is 5.60. The summed E-state index contributed by atoms with van der Waals surface area (Å²) < 4.78 is 27.3. The van der Waals surface area contributed by atoms with Crippen LogP contribution in [0.25, 0.3) is 0 Å². The zero-order valence-corrected chi connectivity index (χ0v) is 20.2. The summed E-state index contributed by atoms with van der Waals surface area (Å²) in [6.45, 7) is 5.15. The van der Waals surface area contributed by atoms with Gasteiger partial charge in [0.1, 0.15) is 0 Å². The normalized spacial score (nSPS) is 15.7. The molecule has 2 aromatic rings. The number of carbonyl (C=O) groups excluding carboxylic acids is 1. The van der Waals surface area contributed by atoms with Crippen molar-refractivity contribution in [1.29, 1.82) is 0 Å². The highest BCUT2D eigenvalue weighted by Gasteiger charge is 2.32. The van der Waals surface area contributed by atoms with Crippen LogP contribution in [0.1, 0.15) is 36.0 Å². The fraction of sp³-hybridized carbons (Fsp3) is 0.435. The second kappa shape index (κ2) is 10.3. The molecule has 5 nitrogen and oxygen atoms in total. The average molecular weight is 483 g/mol. The van der Waals surface area contributed by atoms with E-state index in [9.17, 15) is 13.2 Å². The predicted octanol–water partition coefficient (Wildman–Crippen LogP) is 4.76. The van der Waals surface area contributed by atoms with Crippen molar-refractivity contribution < 1.29 is 13.2 Å². The molecule has 1 aliphatic rings. The van der Waals surface area contributed by atoms with Gasteiger partial charge in [0, 0.05) is 25.6 Å². The van der Waals surface area contributed by atoms with Crippen molar-refractivity contribution in [2.24, 2.45) is 5.92 Å². The van der Waals surface area contributed by atoms with Crippen LogP contribution in [0.5, 0.6) is 0 Å². The van der Waals surface area contributed by atoms with Gasteiger partial charge in [-0.15, -0.1) is 0 Å². The summed E-state index contributed by atoms with van der Waals surface area (Å²) in [6, 6.07) is 10.8. The van der Waals surface area contributed by atoms with Crippen molar-refractivity contribution in [1.82, 2.24) is 9.62 Å². The molecule has 31 heavy (non-hydrogen) atoms. The molecular formula is C23H28Cl2N2O3S. The largest absolute Gasteiger partial charge is 0.356 e. The molecule has 0 saturated carbocycles. The molecule has 0 aliphatic carbocycles. The Bertz CT molecular complexity index is 1050. The monoisotopic (exact) mass is 482 g/mol. The predicted molar refractivity (Wildman–Crippen MR) is 125 cm³/mol. The van der Waals surface area contributed by atoms with Gasteiger partial charge in [0.2, 0.25) is 15.9 Å². The van der Waals surface area contributed by atoms with Crippen LogP contribution >= 0.6 is 23.2 Å². The molecule has 1 amide bonds. The number of amides is 1. The Morgan fingerprint density at radius 3 is 2.39 bits per heavy atom. The van der Waals surface area contributed by atoms with Crippen LogP contribution in [-0.2, 0) is 21.2 Å². The molecule has 1 N–H and O–H groups in total. The lowest BCUT2D eigenvalue weighted by atomic mass is 9.97.